The third kappa shape index (κ3) is 3.94. The monoisotopic (exact) mass is 284 g/mol. The van der Waals surface area contributed by atoms with Gasteiger partial charge in [0.1, 0.15) is 0 Å². The Bertz CT molecular complexity index is 418. The summed E-state index contributed by atoms with van der Waals surface area (Å²) in [6.07, 6.45) is 0. The molecule has 2 nitrogen and oxygen atoms in total. The van der Waals surface area contributed by atoms with Crippen LogP contribution in [0.4, 0.5) is 0 Å². The van der Waals surface area contributed by atoms with Crippen LogP contribution in [0.1, 0.15) is 36.7 Å². The van der Waals surface area contributed by atoms with Gasteiger partial charge in [-0.3, -0.25) is 4.79 Å². The summed E-state index contributed by atoms with van der Waals surface area (Å²) in [6.45, 7) is 11.7. The molecule has 0 unspecified atom stereocenters. The molecule has 0 aliphatic rings. The zero-order chi connectivity index (χ0) is 14.0. The van der Waals surface area contributed by atoms with Gasteiger partial charge in [0, 0.05) is 5.56 Å². The van der Waals surface area contributed by atoms with Gasteiger partial charge in [0.15, 0.2) is 8.32 Å². The van der Waals surface area contributed by atoms with Crippen molar-refractivity contribution < 1.29 is 9.22 Å². The van der Waals surface area contributed by atoms with Crippen molar-refractivity contribution in [2.24, 2.45) is 0 Å². The second kappa shape index (κ2) is 5.55. The van der Waals surface area contributed by atoms with Gasteiger partial charge >= 0.3 is 0 Å². The summed E-state index contributed by atoms with van der Waals surface area (Å²) in [5.74, 6) is 0. The molecule has 0 saturated carbocycles. The lowest BCUT2D eigenvalue weighted by Crippen LogP contribution is -2.40. The zero-order valence-electron chi connectivity index (χ0n) is 11.7. The molecule has 100 valence electrons. The van der Waals surface area contributed by atoms with Crippen LogP contribution in [0, 0.1) is 0 Å². The van der Waals surface area contributed by atoms with E-state index in [9.17, 15) is 4.79 Å². The largest absolute Gasteiger partial charge is 0.413 e. The summed E-state index contributed by atoms with van der Waals surface area (Å²) in [5, 5.41) is -0.217. The molecule has 0 bridgehead atoms. The molecule has 0 atom stereocenters. The minimum atomic E-state index is -1.72. The maximum atomic E-state index is 10.9. The standard InChI is InChI=1S/C14H21ClO2Si/c1-14(2,3)18(4,5)17-10-11-6-8-12(9-7-11)13(15)16/h6-9H,10H2,1-5H3. The minimum absolute atomic E-state index is 0.207. The van der Waals surface area contributed by atoms with E-state index >= 15 is 0 Å². The summed E-state index contributed by atoms with van der Waals surface area (Å²) in [6, 6.07) is 7.25. The minimum Gasteiger partial charge on any atom is -0.413 e. The van der Waals surface area contributed by atoms with Gasteiger partial charge in [0.2, 0.25) is 0 Å². The van der Waals surface area contributed by atoms with E-state index in [1.54, 1.807) is 12.1 Å². The molecule has 1 aromatic rings. The van der Waals surface area contributed by atoms with Gasteiger partial charge in [-0.25, -0.2) is 0 Å². The highest BCUT2D eigenvalue weighted by Gasteiger charge is 2.36. The predicted octanol–water partition coefficient (Wildman–Crippen LogP) is 4.59. The molecule has 0 heterocycles. The van der Waals surface area contributed by atoms with Crippen LogP contribution in [-0.2, 0) is 11.0 Å². The maximum absolute atomic E-state index is 10.9. The first-order chi connectivity index (χ1) is 8.13. The second-order valence-corrected chi connectivity index (χ2v) is 11.2. The lowest BCUT2D eigenvalue weighted by molar-refractivity contribution is 0.108. The van der Waals surface area contributed by atoms with E-state index in [1.165, 1.54) is 0 Å². The van der Waals surface area contributed by atoms with Gasteiger partial charge in [-0.2, -0.15) is 0 Å². The number of benzene rings is 1. The number of carbonyl (C=O) groups is 1. The van der Waals surface area contributed by atoms with E-state index in [0.29, 0.717) is 12.2 Å². The van der Waals surface area contributed by atoms with Crippen molar-refractivity contribution in [3.63, 3.8) is 0 Å². The normalized spacial score (nSPS) is 12.6. The van der Waals surface area contributed by atoms with Crippen molar-refractivity contribution >= 4 is 25.2 Å². The van der Waals surface area contributed by atoms with Crippen LogP contribution in [0.15, 0.2) is 24.3 Å². The Morgan fingerprint density at radius 2 is 1.72 bits per heavy atom. The van der Waals surface area contributed by atoms with Crippen molar-refractivity contribution in [1.29, 1.82) is 0 Å². The smallest absolute Gasteiger partial charge is 0.252 e. The fourth-order valence-electron chi connectivity index (χ4n) is 1.21. The molecule has 1 rings (SSSR count). The van der Waals surface area contributed by atoms with Crippen molar-refractivity contribution in [1.82, 2.24) is 0 Å². The molecule has 0 amide bonds. The molecular weight excluding hydrogens is 264 g/mol. The summed E-state index contributed by atoms with van der Waals surface area (Å²) >= 11 is 5.40. The number of hydrogen-bond donors (Lipinski definition) is 0. The Kier molecular flexibility index (Phi) is 4.76. The topological polar surface area (TPSA) is 26.3 Å². The first kappa shape index (κ1) is 15.4. The maximum Gasteiger partial charge on any atom is 0.252 e. The van der Waals surface area contributed by atoms with Gasteiger partial charge in [-0.15, -0.1) is 0 Å². The summed E-state index contributed by atoms with van der Waals surface area (Å²) in [4.78, 5) is 10.9. The predicted molar refractivity (Wildman–Crippen MR) is 78.6 cm³/mol. The van der Waals surface area contributed by atoms with E-state index in [1.807, 2.05) is 12.1 Å². The van der Waals surface area contributed by atoms with Gasteiger partial charge in [-0.1, -0.05) is 32.9 Å². The second-order valence-electron chi connectivity index (χ2n) is 6.02. The lowest BCUT2D eigenvalue weighted by Gasteiger charge is -2.36. The van der Waals surface area contributed by atoms with Gasteiger partial charge in [0.05, 0.1) is 6.61 Å². The highest BCUT2D eigenvalue weighted by atomic mass is 35.5. The van der Waals surface area contributed by atoms with Crippen LogP contribution in [0.3, 0.4) is 0 Å². The Morgan fingerprint density at radius 3 is 2.11 bits per heavy atom. The van der Waals surface area contributed by atoms with Crippen molar-refractivity contribution in [3.05, 3.63) is 35.4 Å². The molecule has 0 aliphatic carbocycles. The van der Waals surface area contributed by atoms with Crippen LogP contribution in [0.25, 0.3) is 0 Å². The van der Waals surface area contributed by atoms with Gasteiger partial charge in [0.25, 0.3) is 5.24 Å². The fraction of sp³-hybridized carbons (Fsp3) is 0.500. The van der Waals surface area contributed by atoms with Crippen LogP contribution in [0.2, 0.25) is 18.1 Å². The molecule has 0 aliphatic heterocycles. The Morgan fingerprint density at radius 1 is 1.22 bits per heavy atom. The molecule has 4 heteroatoms. The van der Waals surface area contributed by atoms with E-state index < -0.39 is 13.6 Å². The van der Waals surface area contributed by atoms with Crippen LogP contribution >= 0.6 is 11.6 Å². The molecule has 18 heavy (non-hydrogen) atoms. The molecule has 1 aromatic carbocycles. The average Bonchev–Trinajstić information content (AvgIpc) is 2.25. The average molecular weight is 285 g/mol. The number of halogens is 1. The van der Waals surface area contributed by atoms with E-state index in [0.717, 1.165) is 5.56 Å². The summed E-state index contributed by atoms with van der Waals surface area (Å²) in [5.41, 5.74) is 1.59. The molecule has 0 aromatic heterocycles. The van der Waals surface area contributed by atoms with E-state index in [-0.39, 0.29) is 5.04 Å². The highest BCUT2D eigenvalue weighted by molar-refractivity contribution is 6.74. The van der Waals surface area contributed by atoms with Crippen molar-refractivity contribution in [2.75, 3.05) is 0 Å². The number of carbonyl (C=O) groups excluding carboxylic acids is 1. The molecule has 0 spiro atoms. The summed E-state index contributed by atoms with van der Waals surface area (Å²) < 4.78 is 6.10. The SMILES string of the molecule is CC(C)(C)[Si](C)(C)OCc1ccc(C(=O)Cl)cc1. The van der Waals surface area contributed by atoms with Crippen LogP contribution in [-0.4, -0.2) is 13.6 Å². The van der Waals surface area contributed by atoms with Crippen molar-refractivity contribution in [3.8, 4) is 0 Å². The molecule has 0 fully saturated rings. The number of rotatable bonds is 4. The lowest BCUT2D eigenvalue weighted by atomic mass is 10.2. The summed E-state index contributed by atoms with van der Waals surface area (Å²) in [7, 11) is -1.72. The zero-order valence-corrected chi connectivity index (χ0v) is 13.5. The van der Waals surface area contributed by atoms with Gasteiger partial charge in [-0.05, 0) is 47.4 Å². The van der Waals surface area contributed by atoms with Gasteiger partial charge < -0.3 is 4.43 Å². The van der Waals surface area contributed by atoms with Crippen molar-refractivity contribution in [2.45, 2.75) is 45.5 Å². The quantitative estimate of drug-likeness (QED) is 0.597. The third-order valence-corrected chi connectivity index (χ3v) is 8.28. The van der Waals surface area contributed by atoms with E-state index in [2.05, 4.69) is 33.9 Å². The first-order valence-electron chi connectivity index (χ1n) is 6.06. The highest BCUT2D eigenvalue weighted by Crippen LogP contribution is 2.37. The fourth-order valence-corrected chi connectivity index (χ4v) is 2.30. The number of hydrogen-bond acceptors (Lipinski definition) is 2. The Hall–Kier alpha value is -0.643. The Balaban J connectivity index is 2.67. The Labute approximate surface area is 115 Å². The molecule has 0 saturated heterocycles. The molecular formula is C14H21ClO2Si. The third-order valence-electron chi connectivity index (χ3n) is 3.59. The molecule has 0 radical (unpaired) electrons. The van der Waals surface area contributed by atoms with Crippen LogP contribution in [0.5, 0.6) is 0 Å². The first-order valence-corrected chi connectivity index (χ1v) is 9.35. The molecule has 0 N–H and O–H groups in total. The van der Waals surface area contributed by atoms with Crippen LogP contribution < -0.4 is 0 Å². The van der Waals surface area contributed by atoms with E-state index in [4.69, 9.17) is 16.0 Å².